The highest BCUT2D eigenvalue weighted by atomic mass is 16.6. The molecule has 2 aromatic carbocycles. The molecule has 1 spiro atoms. The van der Waals surface area contributed by atoms with Gasteiger partial charge in [-0.2, -0.15) is 0 Å². The molecule has 1 fully saturated rings. The van der Waals surface area contributed by atoms with Gasteiger partial charge in [0, 0.05) is 28.9 Å². The lowest BCUT2D eigenvalue weighted by Gasteiger charge is -2.62. The number of phenols is 1. The van der Waals surface area contributed by atoms with Crippen LogP contribution < -0.4 is 15.4 Å². The van der Waals surface area contributed by atoms with Crippen LogP contribution in [-0.4, -0.2) is 74.7 Å². The number of aromatic nitrogens is 1. The number of aromatic amines is 1. The highest BCUT2D eigenvalue weighted by molar-refractivity contribution is 6.03. The number of H-pyrrole nitrogens is 1. The van der Waals surface area contributed by atoms with Crippen LogP contribution in [0.5, 0.6) is 11.5 Å². The van der Waals surface area contributed by atoms with E-state index >= 15 is 0 Å². The van der Waals surface area contributed by atoms with Crippen molar-refractivity contribution in [2.75, 3.05) is 13.6 Å². The van der Waals surface area contributed by atoms with Crippen molar-refractivity contribution >= 4 is 34.7 Å². The van der Waals surface area contributed by atoms with Crippen molar-refractivity contribution in [3.05, 3.63) is 52.7 Å². The van der Waals surface area contributed by atoms with Gasteiger partial charge in [-0.1, -0.05) is 6.07 Å². The fraction of sp³-hybridized carbons (Fsp3) is 0.500. The number of carbonyl (C=O) groups excluding carboxylic acids is 2. The van der Waals surface area contributed by atoms with Crippen LogP contribution in [0.4, 0.5) is 15.3 Å². The summed E-state index contributed by atoms with van der Waals surface area (Å²) in [7, 11) is 2.06. The number of alkyl carbamates (subject to hydrolysis) is 2. The lowest BCUT2D eigenvalue weighted by molar-refractivity contribution is -0.167. The Hall–Kier alpha value is -4.29. The van der Waals surface area contributed by atoms with E-state index in [9.17, 15) is 19.8 Å². The molecule has 0 unspecified atom stereocenters. The molecule has 2 amide bonds. The monoisotopic (exact) mass is 631 g/mol. The van der Waals surface area contributed by atoms with Gasteiger partial charge in [0.15, 0.2) is 17.6 Å². The third-order valence-electron chi connectivity index (χ3n) is 9.59. The number of guanidine groups is 1. The Bertz CT molecular complexity index is 1790. The van der Waals surface area contributed by atoms with Crippen molar-refractivity contribution < 1.29 is 34.0 Å². The lowest BCUT2D eigenvalue weighted by atomic mass is 9.49. The summed E-state index contributed by atoms with van der Waals surface area (Å²) in [5, 5.41) is 29.6. The minimum Gasteiger partial charge on any atom is -0.504 e. The molecule has 244 valence electrons. The number of phenolic OH excluding ortho intramolecular Hbond substituents is 1. The number of rotatable bonds is 1. The van der Waals surface area contributed by atoms with Crippen molar-refractivity contribution in [2.24, 2.45) is 4.99 Å². The summed E-state index contributed by atoms with van der Waals surface area (Å²) in [5.74, 6) is 0.386. The fourth-order valence-electron chi connectivity index (χ4n) is 7.97. The maximum Gasteiger partial charge on any atom is 0.414 e. The first-order valence-corrected chi connectivity index (χ1v) is 15.7. The predicted molar refractivity (Wildman–Crippen MR) is 171 cm³/mol. The molecule has 7 rings (SSSR count). The molecule has 1 saturated heterocycles. The van der Waals surface area contributed by atoms with E-state index in [0.717, 1.165) is 39.8 Å². The summed E-state index contributed by atoms with van der Waals surface area (Å²) in [6.45, 7) is 11.2. The summed E-state index contributed by atoms with van der Waals surface area (Å²) in [4.78, 5) is 35.7. The van der Waals surface area contributed by atoms with Crippen LogP contribution in [0.2, 0.25) is 0 Å². The largest absolute Gasteiger partial charge is 0.504 e. The predicted octanol–water partition coefficient (Wildman–Crippen LogP) is 4.83. The molecule has 4 atom stereocenters. The topological polar surface area (TPSA) is 158 Å². The number of piperidine rings is 1. The second-order valence-corrected chi connectivity index (χ2v) is 14.9. The smallest absolute Gasteiger partial charge is 0.414 e. The van der Waals surface area contributed by atoms with Gasteiger partial charge in [-0.15, -0.1) is 0 Å². The number of nitrogens with zero attached hydrogens (tertiary/aromatic N) is 2. The molecule has 46 heavy (non-hydrogen) atoms. The molecule has 1 aromatic heterocycles. The Kier molecular flexibility index (Phi) is 6.51. The van der Waals surface area contributed by atoms with E-state index < -0.39 is 40.5 Å². The number of hydrogen-bond donors (Lipinski definition) is 5. The van der Waals surface area contributed by atoms with Gasteiger partial charge in [-0.05, 0) is 103 Å². The standard InChI is InChI=1S/C34H41N5O7/c1-31(2,3)45-29(41)37-28(38-30(42)46-32(4,5)6)35-18-9-10-21-19(15-18)20-16-34(43)23-14-17-8-11-22(40)26-24(17)33(34,12-13-39(23)7)27(44-26)25(20)36-21/h8-11,15,23,27,36,40,43H,12-14,16H2,1-7H3,(H2,35,37,38,41,42)/t23-,27+,33+,34-/m1/s1. The van der Waals surface area contributed by atoms with Crippen molar-refractivity contribution in [3.8, 4) is 11.5 Å². The first-order chi connectivity index (χ1) is 21.5. The number of ether oxygens (including phenoxy) is 3. The van der Waals surface area contributed by atoms with E-state index in [-0.39, 0.29) is 17.8 Å². The highest BCUT2D eigenvalue weighted by Gasteiger charge is 2.72. The van der Waals surface area contributed by atoms with Crippen LogP contribution in [0.15, 0.2) is 35.3 Å². The zero-order valence-electron chi connectivity index (χ0n) is 27.2. The summed E-state index contributed by atoms with van der Waals surface area (Å²) < 4.78 is 17.4. The van der Waals surface area contributed by atoms with E-state index in [4.69, 9.17) is 14.2 Å². The van der Waals surface area contributed by atoms with E-state index in [1.165, 1.54) is 0 Å². The first kappa shape index (κ1) is 30.4. The maximum atomic E-state index is 12.8. The molecule has 2 aliphatic heterocycles. The summed E-state index contributed by atoms with van der Waals surface area (Å²) in [6.07, 6.45) is -0.385. The molecule has 5 N–H and O–H groups in total. The van der Waals surface area contributed by atoms with E-state index in [1.807, 2.05) is 18.2 Å². The molecule has 3 aromatic rings. The van der Waals surface area contributed by atoms with Crippen LogP contribution >= 0.6 is 0 Å². The van der Waals surface area contributed by atoms with Crippen molar-refractivity contribution in [3.63, 3.8) is 0 Å². The second kappa shape index (κ2) is 9.85. The molecular formula is C34H41N5O7. The van der Waals surface area contributed by atoms with Crippen molar-refractivity contribution in [1.82, 2.24) is 20.5 Å². The van der Waals surface area contributed by atoms with E-state index in [1.54, 1.807) is 53.7 Å². The fourth-order valence-corrected chi connectivity index (χ4v) is 7.97. The molecule has 2 aliphatic carbocycles. The Morgan fingerprint density at radius 2 is 1.74 bits per heavy atom. The van der Waals surface area contributed by atoms with E-state index in [0.29, 0.717) is 30.7 Å². The number of carbonyl (C=O) groups is 2. The lowest BCUT2D eigenvalue weighted by Crippen LogP contribution is -2.73. The molecule has 12 heteroatoms. The van der Waals surface area contributed by atoms with Gasteiger partial charge in [-0.25, -0.2) is 14.6 Å². The average molecular weight is 632 g/mol. The first-order valence-electron chi connectivity index (χ1n) is 15.7. The SMILES string of the molecule is CN1CC[C@]23c4c5ccc(O)c4O[C@H]2c2[nH]c4ccc(N=C(NC(=O)OC(C)(C)C)NC(=O)OC(C)(C)C)cc4c2C[C@@]3(O)[C@H]1C5. The van der Waals surface area contributed by atoms with Crippen molar-refractivity contribution in [1.29, 1.82) is 0 Å². The Labute approximate surface area is 267 Å². The second-order valence-electron chi connectivity index (χ2n) is 14.9. The number of hydrogen-bond acceptors (Lipinski definition) is 9. The zero-order valence-corrected chi connectivity index (χ0v) is 27.2. The number of fused-ring (bicyclic) bond motifs is 4. The number of amides is 2. The van der Waals surface area contributed by atoms with Crippen LogP contribution in [0, 0.1) is 0 Å². The number of aromatic hydroxyl groups is 1. The Morgan fingerprint density at radius 1 is 1.07 bits per heavy atom. The number of aliphatic imine (C=N–C) groups is 1. The zero-order chi connectivity index (χ0) is 33.0. The molecule has 4 aliphatic rings. The van der Waals surface area contributed by atoms with Gasteiger partial charge in [0.25, 0.3) is 0 Å². The van der Waals surface area contributed by atoms with Gasteiger partial charge in [0.2, 0.25) is 5.96 Å². The molecule has 12 nitrogen and oxygen atoms in total. The highest BCUT2D eigenvalue weighted by Crippen LogP contribution is 2.68. The molecular weight excluding hydrogens is 590 g/mol. The number of likely N-dealkylation sites (tertiary alicyclic amines) is 1. The van der Waals surface area contributed by atoms with E-state index in [2.05, 4.69) is 32.6 Å². The number of benzene rings is 2. The Morgan fingerprint density at radius 3 is 2.39 bits per heavy atom. The minimum absolute atomic E-state index is 0.0824. The average Bonchev–Trinajstić information content (AvgIpc) is 3.45. The normalized spacial score (nSPS) is 26.0. The quantitative estimate of drug-likeness (QED) is 0.189. The molecule has 2 bridgehead atoms. The number of nitrogens with one attached hydrogen (secondary N) is 3. The molecule has 0 radical (unpaired) electrons. The summed E-state index contributed by atoms with van der Waals surface area (Å²) in [5.41, 5.74) is 1.69. The number of aliphatic hydroxyl groups is 1. The van der Waals surface area contributed by atoms with Gasteiger partial charge >= 0.3 is 12.2 Å². The molecule has 0 saturated carbocycles. The van der Waals surface area contributed by atoms with Crippen molar-refractivity contribution in [2.45, 2.75) is 95.2 Å². The maximum absolute atomic E-state index is 12.8. The van der Waals surface area contributed by atoms with Gasteiger partial charge in [-0.3, -0.25) is 10.6 Å². The van der Waals surface area contributed by atoms with Gasteiger partial charge in [0.05, 0.1) is 22.4 Å². The van der Waals surface area contributed by atoms with Gasteiger partial charge in [0.1, 0.15) is 11.2 Å². The minimum atomic E-state index is -1.15. The number of likely N-dealkylation sites (N-methyl/N-ethyl adjacent to an activating group) is 1. The summed E-state index contributed by atoms with van der Waals surface area (Å²) >= 11 is 0. The third-order valence-corrected chi connectivity index (χ3v) is 9.59. The van der Waals surface area contributed by atoms with Crippen LogP contribution in [-0.2, 0) is 27.7 Å². The Balaban J connectivity index is 1.31. The van der Waals surface area contributed by atoms with Gasteiger partial charge < -0.3 is 34.3 Å². The van der Waals surface area contributed by atoms with Crippen LogP contribution in [0.25, 0.3) is 10.9 Å². The summed E-state index contributed by atoms with van der Waals surface area (Å²) in [6, 6.07) is 9.00. The molecule has 3 heterocycles. The third kappa shape index (κ3) is 4.60. The van der Waals surface area contributed by atoms with Crippen LogP contribution in [0.1, 0.15) is 76.5 Å². The van der Waals surface area contributed by atoms with Crippen LogP contribution in [0.3, 0.4) is 0 Å².